The Hall–Kier alpha value is -2.20. The van der Waals surface area contributed by atoms with E-state index in [1.807, 2.05) is 50.6 Å². The molecule has 8 nitrogen and oxygen atoms in total. The second-order valence-electron chi connectivity index (χ2n) is 19.2. The van der Waals surface area contributed by atoms with Crippen LogP contribution in [-0.4, -0.2) is 75.1 Å². The van der Waals surface area contributed by atoms with Crippen molar-refractivity contribution in [2.45, 2.75) is 88.3 Å². The summed E-state index contributed by atoms with van der Waals surface area (Å²) in [5.74, 6) is 7.36. The molecule has 6 saturated carbocycles. The van der Waals surface area contributed by atoms with Gasteiger partial charge in [-0.15, -0.1) is 24.8 Å². The second kappa shape index (κ2) is 16.8. The van der Waals surface area contributed by atoms with Gasteiger partial charge < -0.3 is 30.7 Å². The third-order valence-electron chi connectivity index (χ3n) is 16.1. The standard InChI is InChI=1S/2C23H32N2O2.2ClH/c2*1-27-23(19-5-2-4-16(11-19)22(24)26)20-6-3-7-21(23)14-25(13-20)12-15-8-17-10-18(17)9-15;;/h2*2,4-5,11,15,17-18,20-21H,3,6-10,12-14H2,1H3,(H2,24,26);2*1H/t2*15?,17-,18+,20?,21?,23?;;. The number of carbonyl (C=O) groups is 2. The Bertz CT molecular complexity index is 1550. The van der Waals surface area contributed by atoms with Crippen molar-refractivity contribution < 1.29 is 19.1 Å². The molecule has 6 unspecified atom stereocenters. The minimum atomic E-state index is -0.356. The molecule has 10 heteroatoms. The fraction of sp³-hybridized carbons (Fsp3) is 0.696. The van der Waals surface area contributed by atoms with E-state index in [1.165, 1.54) is 90.1 Å². The summed E-state index contributed by atoms with van der Waals surface area (Å²) < 4.78 is 12.7. The summed E-state index contributed by atoms with van der Waals surface area (Å²) in [6, 6.07) is 15.8. The van der Waals surface area contributed by atoms with E-state index >= 15 is 0 Å². The Morgan fingerprint density at radius 1 is 0.589 bits per heavy atom. The van der Waals surface area contributed by atoms with Crippen LogP contribution in [0.4, 0.5) is 0 Å². The van der Waals surface area contributed by atoms with Gasteiger partial charge in [0.2, 0.25) is 11.8 Å². The largest absolute Gasteiger partial charge is 0.373 e. The SMILES string of the molecule is COC1(c2cccc(C(N)=O)c2)C2CCCC1CN(CC1C[C@@H]3C[C@@H]3C1)C2.COC1(c2cccc(C(N)=O)c2)C2CCCC1CN(CC1C[C@@H]3C[C@@H]3C1)C2.Cl.Cl. The lowest BCUT2D eigenvalue weighted by atomic mass is 9.62. The number of halogens is 2. The third-order valence-corrected chi connectivity index (χ3v) is 16.1. The smallest absolute Gasteiger partial charge is 0.248 e. The van der Waals surface area contributed by atoms with E-state index in [9.17, 15) is 9.59 Å². The molecule has 308 valence electrons. The van der Waals surface area contributed by atoms with Crippen molar-refractivity contribution in [2.75, 3.05) is 53.5 Å². The molecule has 0 aromatic heterocycles. The zero-order chi connectivity index (χ0) is 37.2. The number of fused-ring (bicyclic) bond motifs is 6. The van der Waals surface area contributed by atoms with Gasteiger partial charge in [-0.2, -0.15) is 0 Å². The van der Waals surface area contributed by atoms with E-state index < -0.39 is 0 Å². The molecule has 2 heterocycles. The zero-order valence-electron chi connectivity index (χ0n) is 33.6. The molecule has 8 fully saturated rings. The maximum Gasteiger partial charge on any atom is 0.248 e. The van der Waals surface area contributed by atoms with Crippen molar-refractivity contribution in [2.24, 2.45) is 70.6 Å². The van der Waals surface area contributed by atoms with Crippen LogP contribution in [0.3, 0.4) is 0 Å². The molecule has 2 aromatic rings. The number of hydrogen-bond donors (Lipinski definition) is 2. The maximum atomic E-state index is 11.7. The van der Waals surface area contributed by atoms with E-state index in [-0.39, 0.29) is 47.8 Å². The Kier molecular flexibility index (Phi) is 12.6. The zero-order valence-corrected chi connectivity index (χ0v) is 35.3. The predicted molar refractivity (Wildman–Crippen MR) is 225 cm³/mol. The van der Waals surface area contributed by atoms with Gasteiger partial charge in [-0.1, -0.05) is 37.1 Å². The first-order chi connectivity index (χ1) is 26.2. The van der Waals surface area contributed by atoms with E-state index in [2.05, 4.69) is 21.9 Å². The number of ether oxygens (including phenoxy) is 2. The molecule has 2 aliphatic heterocycles. The van der Waals surface area contributed by atoms with Gasteiger partial charge in [0, 0.05) is 88.3 Å². The van der Waals surface area contributed by atoms with Gasteiger partial charge in [-0.25, -0.2) is 0 Å². The lowest BCUT2D eigenvalue weighted by Crippen LogP contribution is -2.59. The highest BCUT2D eigenvalue weighted by molar-refractivity contribution is 5.93. The van der Waals surface area contributed by atoms with Crippen molar-refractivity contribution in [1.82, 2.24) is 9.80 Å². The van der Waals surface area contributed by atoms with Gasteiger partial charge in [-0.3, -0.25) is 9.59 Å². The molecule has 56 heavy (non-hydrogen) atoms. The number of amides is 2. The Balaban J connectivity index is 0.000000166. The van der Waals surface area contributed by atoms with Crippen molar-refractivity contribution in [1.29, 1.82) is 0 Å². The van der Waals surface area contributed by atoms with Gasteiger partial charge in [0.1, 0.15) is 11.2 Å². The molecule has 2 amide bonds. The quantitative estimate of drug-likeness (QED) is 0.255. The number of nitrogens with two attached hydrogens (primary N) is 2. The van der Waals surface area contributed by atoms with Crippen molar-refractivity contribution in [3.05, 3.63) is 70.8 Å². The van der Waals surface area contributed by atoms with E-state index in [0.717, 1.165) is 72.8 Å². The molecule has 10 atom stereocenters. The van der Waals surface area contributed by atoms with Crippen LogP contribution in [0.5, 0.6) is 0 Å². The van der Waals surface area contributed by atoms with Crippen LogP contribution in [0, 0.1) is 59.2 Å². The molecular weight excluding hydrogens is 743 g/mol. The van der Waals surface area contributed by atoms with Crippen molar-refractivity contribution in [3.63, 3.8) is 0 Å². The number of carbonyl (C=O) groups excluding carboxylic acids is 2. The molecule has 8 aliphatic rings. The molecule has 2 aromatic carbocycles. The summed E-state index contributed by atoms with van der Waals surface area (Å²) in [5, 5.41) is 0. The van der Waals surface area contributed by atoms with Gasteiger partial charge in [-0.05, 0) is 135 Å². The van der Waals surface area contributed by atoms with Gasteiger partial charge in [0.25, 0.3) is 0 Å². The number of hydrogen-bond acceptors (Lipinski definition) is 6. The summed E-state index contributed by atoms with van der Waals surface area (Å²) in [7, 11) is 3.73. The number of nitrogens with zero attached hydrogens (tertiary/aromatic N) is 2. The summed E-state index contributed by atoms with van der Waals surface area (Å²) >= 11 is 0. The molecule has 0 spiro atoms. The van der Waals surface area contributed by atoms with Crippen LogP contribution >= 0.6 is 24.8 Å². The first-order valence-corrected chi connectivity index (χ1v) is 21.6. The van der Waals surface area contributed by atoms with Gasteiger partial charge in [0.05, 0.1) is 0 Å². The number of primary amides is 2. The molecule has 10 rings (SSSR count). The Morgan fingerprint density at radius 3 is 1.23 bits per heavy atom. The second-order valence-corrected chi connectivity index (χ2v) is 19.2. The highest BCUT2D eigenvalue weighted by atomic mass is 35.5. The number of methoxy groups -OCH3 is 2. The van der Waals surface area contributed by atoms with Crippen LogP contribution in [0.1, 0.15) is 109 Å². The molecule has 6 aliphatic carbocycles. The summed E-state index contributed by atoms with van der Waals surface area (Å²) in [5.41, 5.74) is 14.1. The first-order valence-electron chi connectivity index (χ1n) is 21.6. The minimum absolute atomic E-state index is 0. The van der Waals surface area contributed by atoms with E-state index in [0.29, 0.717) is 34.8 Å². The average molecular weight is 810 g/mol. The lowest BCUT2D eigenvalue weighted by molar-refractivity contribution is -0.170. The van der Waals surface area contributed by atoms with Gasteiger partial charge in [0.15, 0.2) is 0 Å². The van der Waals surface area contributed by atoms with Crippen LogP contribution in [0.2, 0.25) is 0 Å². The number of benzene rings is 2. The van der Waals surface area contributed by atoms with Gasteiger partial charge >= 0.3 is 0 Å². The summed E-state index contributed by atoms with van der Waals surface area (Å²) in [6.07, 6.45) is 16.3. The lowest BCUT2D eigenvalue weighted by Gasteiger charge is -2.55. The third kappa shape index (κ3) is 7.70. The van der Waals surface area contributed by atoms with E-state index in [4.69, 9.17) is 20.9 Å². The normalized spacial score (nSPS) is 39.1. The molecule has 0 radical (unpaired) electrons. The Labute approximate surface area is 347 Å². The minimum Gasteiger partial charge on any atom is -0.373 e. The highest BCUT2D eigenvalue weighted by Crippen LogP contribution is 2.57. The molecule has 2 saturated heterocycles. The molecular formula is C46H66Cl2N4O4. The maximum absolute atomic E-state index is 11.7. The summed E-state index contributed by atoms with van der Waals surface area (Å²) in [6.45, 7) is 7.05. The van der Waals surface area contributed by atoms with Crippen molar-refractivity contribution in [3.8, 4) is 0 Å². The highest BCUT2D eigenvalue weighted by Gasteiger charge is 2.56. The van der Waals surface area contributed by atoms with Crippen LogP contribution in [0.25, 0.3) is 0 Å². The molecule has 4 N–H and O–H groups in total. The fourth-order valence-electron chi connectivity index (χ4n) is 13.7. The first kappa shape index (κ1) is 41.9. The monoisotopic (exact) mass is 808 g/mol. The summed E-state index contributed by atoms with van der Waals surface area (Å²) in [4.78, 5) is 28.9. The predicted octanol–water partition coefficient (Wildman–Crippen LogP) is 7.65. The molecule has 4 bridgehead atoms. The fourth-order valence-corrected chi connectivity index (χ4v) is 13.7. The van der Waals surface area contributed by atoms with E-state index in [1.54, 1.807) is 0 Å². The van der Waals surface area contributed by atoms with Crippen LogP contribution in [0.15, 0.2) is 48.5 Å². The topological polar surface area (TPSA) is 111 Å². The number of piperidine rings is 2. The Morgan fingerprint density at radius 2 is 0.929 bits per heavy atom. The van der Waals surface area contributed by atoms with Crippen molar-refractivity contribution >= 4 is 36.6 Å². The average Bonchev–Trinajstić information content (AvgIpc) is 4.00. The number of rotatable bonds is 10. The van der Waals surface area contributed by atoms with Crippen LogP contribution < -0.4 is 11.5 Å². The number of likely N-dealkylation sites (tertiary alicyclic amines) is 2. The van der Waals surface area contributed by atoms with Crippen LogP contribution in [-0.2, 0) is 20.7 Å².